The Morgan fingerprint density at radius 3 is 1.13 bits per heavy atom. The van der Waals surface area contributed by atoms with Crippen LogP contribution >= 0.6 is 0 Å². The predicted octanol–water partition coefficient (Wildman–Crippen LogP) is 15.4. The van der Waals surface area contributed by atoms with E-state index in [4.69, 9.17) is 85.3 Å². The van der Waals surface area contributed by atoms with Gasteiger partial charge < -0.3 is 90.4 Å². The lowest BCUT2D eigenvalue weighted by Crippen LogP contribution is -2.66. The van der Waals surface area contributed by atoms with Gasteiger partial charge in [-0.1, -0.05) is 239 Å². The second-order valence-corrected chi connectivity index (χ2v) is 33.1. The number of hydrogen-bond acceptors (Lipinski definition) is 20. The van der Waals surface area contributed by atoms with E-state index in [0.29, 0.717) is 51.1 Å². The van der Waals surface area contributed by atoms with Gasteiger partial charge in [0.25, 0.3) is 0 Å². The van der Waals surface area contributed by atoms with E-state index in [1.807, 2.05) is 121 Å². The standard InChI is InChI=1S/C89H132O20/c1-19-68-51(6)50(5)60(15)84(98-68)107-78-55(10)52(7)69(20-2)99-86(78)96-49-73-75(91)81(82(94-45-66-39-31-25-32-40-66)89(103-73)106-77-58(13)61(16)83(95-46-67-41-33-26-34-42-67)104-74(77)48-93-44-65-37-29-24-30-38-65)109-88-80(56(11)53(8)70(21-3)100-88)108-85-62(17)59(14)76(71(22-4)101-85)105-87-79(97-63(18)90)57(12)54(9)72(102-87)47-92-43-64-35-27-23-28-36-64/h23-42,50-62,68-89,91H,19-22,43-49H2,1-18H3/t50-,51-,52-,53+,54+,55?,56+,57-,58+,59+,60-,61?,62-,68?,69?,70?,71?,72?,73?,74?,75+,76-,77-,78+,79-,80?,81-,82?,83+,84?,85?,86-,87?,88-,89-/m0/s1. The lowest BCUT2D eigenvalue weighted by atomic mass is 9.78. The molecule has 11 rings (SSSR count). The number of aliphatic hydroxyl groups is 1. The van der Waals surface area contributed by atoms with Gasteiger partial charge in [0.1, 0.15) is 42.7 Å². The minimum Gasteiger partial charge on any atom is -0.457 e. The predicted molar refractivity (Wildman–Crippen MR) is 411 cm³/mol. The van der Waals surface area contributed by atoms with E-state index in [-0.39, 0.29) is 109 Å². The van der Waals surface area contributed by atoms with E-state index in [1.54, 1.807) is 0 Å². The first-order valence-corrected chi connectivity index (χ1v) is 41.4. The molecule has 608 valence electrons. The van der Waals surface area contributed by atoms with E-state index < -0.39 is 117 Å². The lowest BCUT2D eigenvalue weighted by Gasteiger charge is -2.52. The van der Waals surface area contributed by atoms with Crippen LogP contribution in [0.1, 0.15) is 173 Å². The van der Waals surface area contributed by atoms with Crippen LogP contribution in [0.4, 0.5) is 0 Å². The number of aliphatic hydroxyl groups excluding tert-OH is 1. The Labute approximate surface area is 650 Å². The normalized spacial score (nSPS) is 41.4. The van der Waals surface area contributed by atoms with Crippen molar-refractivity contribution in [2.75, 3.05) is 19.8 Å². The van der Waals surface area contributed by atoms with Crippen molar-refractivity contribution in [1.82, 2.24) is 0 Å². The molecule has 1 N–H and O–H groups in total. The molecule has 0 radical (unpaired) electrons. The van der Waals surface area contributed by atoms with Gasteiger partial charge in [0.15, 0.2) is 50.1 Å². The van der Waals surface area contributed by atoms with Crippen LogP contribution < -0.4 is 0 Å². The van der Waals surface area contributed by atoms with Crippen molar-refractivity contribution in [3.63, 3.8) is 0 Å². The zero-order chi connectivity index (χ0) is 77.7. The fourth-order valence-electron chi connectivity index (χ4n) is 17.5. The maximum absolute atomic E-state index is 13.7. The summed E-state index contributed by atoms with van der Waals surface area (Å²) < 4.78 is 127. The van der Waals surface area contributed by atoms with E-state index in [2.05, 4.69) is 118 Å². The zero-order valence-corrected chi connectivity index (χ0v) is 68.2. The number of benzene rings is 4. The summed E-state index contributed by atoms with van der Waals surface area (Å²) in [6.45, 7) is 39.8. The van der Waals surface area contributed by atoms with Crippen molar-refractivity contribution in [3.05, 3.63) is 144 Å². The molecule has 20 nitrogen and oxygen atoms in total. The molecular formula is C89H132O20. The molecule has 0 aliphatic carbocycles. The molecular weight excluding hydrogens is 1390 g/mol. The number of hydrogen-bond donors (Lipinski definition) is 1. The summed E-state index contributed by atoms with van der Waals surface area (Å²) in [6, 6.07) is 40.2. The highest BCUT2D eigenvalue weighted by atomic mass is 16.8. The van der Waals surface area contributed by atoms with Gasteiger partial charge in [-0.3, -0.25) is 4.79 Å². The molecule has 0 bridgehead atoms. The molecule has 14 unspecified atom stereocenters. The quantitative estimate of drug-likeness (QED) is 0.0452. The second-order valence-electron chi connectivity index (χ2n) is 33.1. The average Bonchev–Trinajstić information content (AvgIpc) is 0.760. The summed E-state index contributed by atoms with van der Waals surface area (Å²) in [5, 5.41) is 13.7. The SMILES string of the molecule is CCC1O[C@H](OCC2O[C@@H](O[C@@H]3C(COCc4ccccc4)O[C@@H](OCc4ccccc4)C(C)[C@H]3C)C(OCc3ccccc3)[C@@H](O[C@@H]3OC(CC)[C@H](C)[C@@H](C)C3OC3OC(CC)[C@@H](OC4OC(COCc5ccccc5)[C@H](C)[C@H](C)[C@@H]4OC(C)=O)[C@H](C)[C@@H]3C)[C@@H]2O)[C@H](OC2OC(CC)[C@@H](C)[C@H](C)[C@@H]2C)C(C)[C@@H]1C. The van der Waals surface area contributed by atoms with Gasteiger partial charge in [-0.2, -0.15) is 0 Å². The van der Waals surface area contributed by atoms with Crippen LogP contribution in [0.5, 0.6) is 0 Å². The van der Waals surface area contributed by atoms with Crippen LogP contribution in [0.2, 0.25) is 0 Å². The van der Waals surface area contributed by atoms with Gasteiger partial charge in [-0.25, -0.2) is 0 Å². The number of rotatable bonds is 32. The zero-order valence-electron chi connectivity index (χ0n) is 68.2. The molecule has 7 saturated heterocycles. The first-order valence-electron chi connectivity index (χ1n) is 41.4. The van der Waals surface area contributed by atoms with Gasteiger partial charge in [0, 0.05) is 30.6 Å². The molecule has 20 heteroatoms. The fourth-order valence-corrected chi connectivity index (χ4v) is 17.5. The molecule has 4 aromatic carbocycles. The van der Waals surface area contributed by atoms with Gasteiger partial charge in [-0.15, -0.1) is 0 Å². The average molecular weight is 1520 g/mol. The van der Waals surface area contributed by atoms with Crippen molar-refractivity contribution >= 4 is 5.97 Å². The third-order valence-corrected chi connectivity index (χ3v) is 26.2. The Morgan fingerprint density at radius 1 is 0.294 bits per heavy atom. The van der Waals surface area contributed by atoms with Crippen molar-refractivity contribution in [2.45, 2.75) is 312 Å². The maximum atomic E-state index is 13.7. The van der Waals surface area contributed by atoms with Crippen molar-refractivity contribution in [2.24, 2.45) is 76.9 Å². The number of ether oxygens (including phenoxy) is 18. The molecule has 7 fully saturated rings. The Balaban J connectivity index is 0.919. The number of esters is 1. The summed E-state index contributed by atoms with van der Waals surface area (Å²) in [4.78, 5) is 12.9. The third kappa shape index (κ3) is 20.8. The highest BCUT2D eigenvalue weighted by Crippen LogP contribution is 2.47. The van der Waals surface area contributed by atoms with Crippen LogP contribution in [-0.4, -0.2) is 166 Å². The molecule has 7 aliphatic heterocycles. The minimum atomic E-state index is -1.43. The molecule has 0 spiro atoms. The first kappa shape index (κ1) is 85.5. The van der Waals surface area contributed by atoms with Crippen LogP contribution in [0.25, 0.3) is 0 Å². The molecule has 0 amide bonds. The van der Waals surface area contributed by atoms with Crippen LogP contribution in [0.15, 0.2) is 121 Å². The van der Waals surface area contributed by atoms with Gasteiger partial charge in [-0.05, 0) is 101 Å². The van der Waals surface area contributed by atoms with Crippen LogP contribution in [0.3, 0.4) is 0 Å². The number of carbonyl (C=O) groups excluding carboxylic acids is 1. The van der Waals surface area contributed by atoms with Crippen molar-refractivity contribution < 1.29 is 95.2 Å². The lowest BCUT2D eigenvalue weighted by molar-refractivity contribution is -0.394. The largest absolute Gasteiger partial charge is 0.457 e. The minimum absolute atomic E-state index is 0.00218. The van der Waals surface area contributed by atoms with Crippen LogP contribution in [0, 0.1) is 76.9 Å². The third-order valence-electron chi connectivity index (χ3n) is 26.2. The fraction of sp³-hybridized carbons (Fsp3) is 0.719. The summed E-state index contributed by atoms with van der Waals surface area (Å²) in [7, 11) is 0. The van der Waals surface area contributed by atoms with E-state index in [0.717, 1.165) is 35.1 Å². The summed E-state index contributed by atoms with van der Waals surface area (Å²) >= 11 is 0. The maximum Gasteiger partial charge on any atom is 0.303 e. The van der Waals surface area contributed by atoms with Crippen LogP contribution in [-0.2, 0) is 116 Å². The monoisotopic (exact) mass is 1520 g/mol. The molecule has 109 heavy (non-hydrogen) atoms. The molecule has 0 aromatic heterocycles. The Hall–Kier alpha value is -4.37. The Morgan fingerprint density at radius 2 is 0.624 bits per heavy atom. The van der Waals surface area contributed by atoms with Gasteiger partial charge in [0.2, 0.25) is 0 Å². The summed E-state index contributed by atoms with van der Waals surface area (Å²) in [6.07, 6.45) is -13.1. The summed E-state index contributed by atoms with van der Waals surface area (Å²) in [5.41, 5.74) is 3.98. The number of carbonyl (C=O) groups is 1. The molecule has 7 heterocycles. The smallest absolute Gasteiger partial charge is 0.303 e. The van der Waals surface area contributed by atoms with E-state index >= 15 is 0 Å². The first-order chi connectivity index (χ1) is 52.5. The highest BCUT2D eigenvalue weighted by Gasteiger charge is 2.57. The Kier molecular flexibility index (Phi) is 31.6. The molecule has 4 aromatic rings. The van der Waals surface area contributed by atoms with Gasteiger partial charge >= 0.3 is 5.97 Å². The molecule has 35 atom stereocenters. The van der Waals surface area contributed by atoms with Crippen molar-refractivity contribution in [3.8, 4) is 0 Å². The van der Waals surface area contributed by atoms with Crippen molar-refractivity contribution in [1.29, 1.82) is 0 Å². The van der Waals surface area contributed by atoms with E-state index in [1.165, 1.54) is 6.92 Å². The molecule has 0 saturated carbocycles. The second kappa shape index (κ2) is 40.3. The molecule has 7 aliphatic rings. The van der Waals surface area contributed by atoms with E-state index in [9.17, 15) is 9.90 Å². The highest BCUT2D eigenvalue weighted by molar-refractivity contribution is 5.66. The van der Waals surface area contributed by atoms with Gasteiger partial charge in [0.05, 0.1) is 89.0 Å². The topological polar surface area (TPSA) is 203 Å². The summed E-state index contributed by atoms with van der Waals surface area (Å²) in [5.74, 6) is -0.639. The Bertz CT molecular complexity index is 3280.